The quantitative estimate of drug-likeness (QED) is 0.332. The van der Waals surface area contributed by atoms with Gasteiger partial charge in [0.1, 0.15) is 6.54 Å². The fourth-order valence-electron chi connectivity index (χ4n) is 2.83. The molecule has 0 N–H and O–H groups in total. The van der Waals surface area contributed by atoms with Gasteiger partial charge in [-0.05, 0) is 17.7 Å². The molecule has 5 nitrogen and oxygen atoms in total. The minimum atomic E-state index is -4.39. The number of hydrogen-bond donors (Lipinski definition) is 0. The molecule has 0 saturated heterocycles. The zero-order valence-corrected chi connectivity index (χ0v) is 16.9. The number of imidazole rings is 1. The van der Waals surface area contributed by atoms with Crippen molar-refractivity contribution >= 4 is 23.4 Å². The molecule has 4 aromatic rings. The van der Waals surface area contributed by atoms with E-state index in [-0.39, 0.29) is 22.7 Å². The number of benzene rings is 2. The van der Waals surface area contributed by atoms with E-state index < -0.39 is 12.7 Å². The minimum Gasteiger partial charge on any atom is -0.420 e. The molecule has 0 radical (unpaired) electrons. The summed E-state index contributed by atoms with van der Waals surface area (Å²) >= 11 is 7.22. The van der Waals surface area contributed by atoms with E-state index in [2.05, 4.69) is 15.2 Å². The monoisotopic (exact) mass is 450 g/mol. The highest BCUT2D eigenvalue weighted by Crippen LogP contribution is 2.32. The first kappa shape index (κ1) is 20.5. The molecule has 0 unspecified atom stereocenters. The fourth-order valence-corrected chi connectivity index (χ4v) is 3.86. The molecule has 30 heavy (non-hydrogen) atoms. The number of halogens is 4. The predicted molar refractivity (Wildman–Crippen MR) is 108 cm³/mol. The Kier molecular flexibility index (Phi) is 5.83. The lowest BCUT2D eigenvalue weighted by atomic mass is 10.2. The zero-order valence-electron chi connectivity index (χ0n) is 15.3. The zero-order chi connectivity index (χ0) is 21.1. The van der Waals surface area contributed by atoms with E-state index in [4.69, 9.17) is 16.0 Å². The number of nitrogens with zero attached hydrogens (tertiary/aromatic N) is 4. The van der Waals surface area contributed by atoms with Crippen LogP contribution in [0.3, 0.4) is 0 Å². The summed E-state index contributed by atoms with van der Waals surface area (Å²) in [5.41, 5.74) is 1.63. The average Bonchev–Trinajstić information content (AvgIpc) is 3.33. The Hall–Kier alpha value is -2.78. The molecule has 0 aliphatic carbocycles. The summed E-state index contributed by atoms with van der Waals surface area (Å²) in [6.07, 6.45) is -2.95. The maximum Gasteiger partial charge on any atom is 0.406 e. The number of alkyl halides is 3. The first-order chi connectivity index (χ1) is 14.4. The maximum atomic E-state index is 13.2. The lowest BCUT2D eigenvalue weighted by Crippen LogP contribution is -2.19. The van der Waals surface area contributed by atoms with E-state index in [1.807, 2.05) is 0 Å². The van der Waals surface area contributed by atoms with E-state index in [1.54, 1.807) is 54.6 Å². The van der Waals surface area contributed by atoms with Crippen LogP contribution in [0, 0.1) is 0 Å². The molecule has 2 aromatic heterocycles. The standard InChI is InChI=1S/C20H14ClF3N4OS/c21-15-9-5-4-8-14(15)18-27-26-17(29-18)11-30-19-25-10-16(13-6-2-1-3-7-13)28(19)12-20(22,23)24/h1-10H,11-12H2. The number of rotatable bonds is 6. The van der Waals surface area contributed by atoms with Gasteiger partial charge in [0.15, 0.2) is 5.16 Å². The summed E-state index contributed by atoms with van der Waals surface area (Å²) in [5, 5.41) is 8.61. The maximum absolute atomic E-state index is 13.2. The van der Waals surface area contributed by atoms with Gasteiger partial charge in [-0.15, -0.1) is 10.2 Å². The second-order valence-electron chi connectivity index (χ2n) is 6.26. The van der Waals surface area contributed by atoms with Crippen molar-refractivity contribution in [1.29, 1.82) is 0 Å². The van der Waals surface area contributed by atoms with Crippen molar-refractivity contribution in [3.05, 3.63) is 71.7 Å². The highest BCUT2D eigenvalue weighted by Gasteiger charge is 2.31. The van der Waals surface area contributed by atoms with Crippen molar-refractivity contribution in [1.82, 2.24) is 19.7 Å². The second kappa shape index (κ2) is 8.53. The highest BCUT2D eigenvalue weighted by atomic mass is 35.5. The Bertz CT molecular complexity index is 1140. The normalized spacial score (nSPS) is 11.7. The lowest BCUT2D eigenvalue weighted by molar-refractivity contribution is -0.141. The third-order valence-electron chi connectivity index (χ3n) is 4.12. The Morgan fingerprint density at radius 1 is 1.00 bits per heavy atom. The molecule has 0 bridgehead atoms. The molecule has 4 rings (SSSR count). The van der Waals surface area contributed by atoms with Crippen molar-refractivity contribution in [2.45, 2.75) is 23.6 Å². The van der Waals surface area contributed by atoms with Gasteiger partial charge >= 0.3 is 6.18 Å². The van der Waals surface area contributed by atoms with Crippen molar-refractivity contribution in [3.63, 3.8) is 0 Å². The molecule has 0 atom stereocenters. The largest absolute Gasteiger partial charge is 0.420 e. The number of thioether (sulfide) groups is 1. The molecular formula is C20H14ClF3N4OS. The van der Waals surface area contributed by atoms with E-state index in [9.17, 15) is 13.2 Å². The summed E-state index contributed by atoms with van der Waals surface area (Å²) in [6.45, 7) is -1.14. The summed E-state index contributed by atoms with van der Waals surface area (Å²) < 4.78 is 46.3. The average molecular weight is 451 g/mol. The van der Waals surface area contributed by atoms with Gasteiger partial charge in [0.2, 0.25) is 11.8 Å². The van der Waals surface area contributed by atoms with Crippen LogP contribution in [-0.2, 0) is 12.3 Å². The first-order valence-corrected chi connectivity index (χ1v) is 10.1. The molecule has 10 heteroatoms. The Morgan fingerprint density at radius 2 is 1.73 bits per heavy atom. The molecule has 0 spiro atoms. The van der Waals surface area contributed by atoms with Crippen LogP contribution in [0.15, 0.2) is 70.4 Å². The van der Waals surface area contributed by atoms with Gasteiger partial charge in [0, 0.05) is 0 Å². The van der Waals surface area contributed by atoms with E-state index in [0.717, 1.165) is 16.3 Å². The fraction of sp³-hybridized carbons (Fsp3) is 0.150. The Labute approximate surface area is 178 Å². The Morgan fingerprint density at radius 3 is 2.47 bits per heavy atom. The third-order valence-corrected chi connectivity index (χ3v) is 5.43. The van der Waals surface area contributed by atoms with Crippen molar-refractivity contribution in [3.8, 4) is 22.7 Å². The highest BCUT2D eigenvalue weighted by molar-refractivity contribution is 7.98. The summed E-state index contributed by atoms with van der Waals surface area (Å²) in [7, 11) is 0. The van der Waals surface area contributed by atoms with Crippen molar-refractivity contribution < 1.29 is 17.6 Å². The van der Waals surface area contributed by atoms with Gasteiger partial charge < -0.3 is 8.98 Å². The predicted octanol–water partition coefficient (Wildman–Crippen LogP) is 6.11. The summed E-state index contributed by atoms with van der Waals surface area (Å²) in [6, 6.07) is 15.8. The van der Waals surface area contributed by atoms with Crippen LogP contribution in [0.4, 0.5) is 13.2 Å². The third kappa shape index (κ3) is 4.68. The number of hydrogen-bond acceptors (Lipinski definition) is 5. The van der Waals surface area contributed by atoms with Gasteiger partial charge in [-0.2, -0.15) is 13.2 Å². The SMILES string of the molecule is FC(F)(F)Cn1c(-c2ccccc2)cnc1SCc1nnc(-c2ccccc2Cl)o1. The molecule has 0 amide bonds. The Balaban J connectivity index is 1.57. The van der Waals surface area contributed by atoms with Gasteiger partial charge in [-0.25, -0.2) is 4.98 Å². The molecule has 0 aliphatic rings. The molecule has 154 valence electrons. The van der Waals surface area contributed by atoms with Crippen molar-refractivity contribution in [2.24, 2.45) is 0 Å². The van der Waals surface area contributed by atoms with Crippen LogP contribution in [0.25, 0.3) is 22.7 Å². The topological polar surface area (TPSA) is 56.7 Å². The van der Waals surface area contributed by atoms with E-state index in [0.29, 0.717) is 21.8 Å². The summed E-state index contributed by atoms with van der Waals surface area (Å²) in [5.74, 6) is 0.679. The van der Waals surface area contributed by atoms with Crippen LogP contribution < -0.4 is 0 Å². The smallest absolute Gasteiger partial charge is 0.406 e. The lowest BCUT2D eigenvalue weighted by Gasteiger charge is -2.13. The van der Waals surface area contributed by atoms with Gasteiger partial charge in [-0.3, -0.25) is 0 Å². The van der Waals surface area contributed by atoms with Crippen molar-refractivity contribution in [2.75, 3.05) is 0 Å². The van der Waals surface area contributed by atoms with Gasteiger partial charge in [0.05, 0.1) is 28.2 Å². The molecule has 0 aliphatic heterocycles. The molecule has 2 aromatic carbocycles. The molecular weight excluding hydrogens is 437 g/mol. The molecule has 0 fully saturated rings. The van der Waals surface area contributed by atoms with Crippen LogP contribution in [0.2, 0.25) is 5.02 Å². The van der Waals surface area contributed by atoms with Crippen LogP contribution in [-0.4, -0.2) is 25.9 Å². The molecule has 0 saturated carbocycles. The van der Waals surface area contributed by atoms with Crippen LogP contribution in [0.5, 0.6) is 0 Å². The van der Waals surface area contributed by atoms with Crippen LogP contribution in [0.1, 0.15) is 5.89 Å². The minimum absolute atomic E-state index is 0.167. The first-order valence-electron chi connectivity index (χ1n) is 8.78. The van der Waals surface area contributed by atoms with E-state index >= 15 is 0 Å². The number of aromatic nitrogens is 4. The van der Waals surface area contributed by atoms with Gasteiger partial charge in [0.25, 0.3) is 0 Å². The summed E-state index contributed by atoms with van der Waals surface area (Å²) in [4.78, 5) is 4.19. The van der Waals surface area contributed by atoms with E-state index in [1.165, 1.54) is 6.20 Å². The van der Waals surface area contributed by atoms with Gasteiger partial charge in [-0.1, -0.05) is 65.8 Å². The second-order valence-corrected chi connectivity index (χ2v) is 7.61. The molecule has 2 heterocycles. The van der Waals surface area contributed by atoms with Crippen LogP contribution >= 0.6 is 23.4 Å².